The van der Waals surface area contributed by atoms with Crippen LogP contribution in [0.15, 0.2) is 64.4 Å². The zero-order valence-corrected chi connectivity index (χ0v) is 20.7. The average Bonchev–Trinajstić information content (AvgIpc) is 2.82. The first kappa shape index (κ1) is 26.4. The van der Waals surface area contributed by atoms with Crippen LogP contribution < -0.4 is 10.7 Å². The normalized spacial score (nSPS) is 12.6. The topological polar surface area (TPSA) is 68.2 Å². The number of nitrogens with one attached hydrogen (secondary N) is 1. The standard InChI is InChI=1S/C26H27F3N2O3S/c1-5-35(34)21-11-9-18(10-12-21)14-30-25(33)22-15-31(16(2)3)17(4)23(24(22)32)19-7-6-8-20(13-19)26(27,28)29/h6-13,15-16H,5,14H2,1-4H3,(H,30,33). The van der Waals surface area contributed by atoms with Gasteiger partial charge < -0.3 is 9.88 Å². The summed E-state index contributed by atoms with van der Waals surface area (Å²) in [5, 5.41) is 2.71. The molecule has 1 atom stereocenters. The van der Waals surface area contributed by atoms with Crippen molar-refractivity contribution in [3.63, 3.8) is 0 Å². The van der Waals surface area contributed by atoms with Crippen LogP contribution in [0.25, 0.3) is 11.1 Å². The van der Waals surface area contributed by atoms with Crippen molar-refractivity contribution < 1.29 is 22.2 Å². The number of hydrogen-bond donors (Lipinski definition) is 1. The van der Waals surface area contributed by atoms with Crippen molar-refractivity contribution in [2.24, 2.45) is 0 Å². The molecular formula is C26H27F3N2O3S. The Morgan fingerprint density at radius 1 is 1.11 bits per heavy atom. The van der Waals surface area contributed by atoms with E-state index in [2.05, 4.69) is 5.32 Å². The summed E-state index contributed by atoms with van der Waals surface area (Å²) in [6, 6.07) is 11.4. The van der Waals surface area contributed by atoms with Crippen molar-refractivity contribution in [1.82, 2.24) is 9.88 Å². The lowest BCUT2D eigenvalue weighted by Crippen LogP contribution is -2.31. The van der Waals surface area contributed by atoms with Gasteiger partial charge in [0.15, 0.2) is 0 Å². The van der Waals surface area contributed by atoms with Crippen LogP contribution in [0.4, 0.5) is 13.2 Å². The van der Waals surface area contributed by atoms with Crippen molar-refractivity contribution in [1.29, 1.82) is 0 Å². The van der Waals surface area contributed by atoms with Gasteiger partial charge in [-0.15, -0.1) is 0 Å². The molecule has 1 N–H and O–H groups in total. The Hall–Kier alpha value is -3.20. The zero-order valence-electron chi connectivity index (χ0n) is 19.9. The SMILES string of the molecule is CCS(=O)c1ccc(CNC(=O)c2cn(C(C)C)c(C)c(-c3cccc(C(F)(F)F)c3)c2=O)cc1. The number of benzene rings is 2. The predicted molar refractivity (Wildman–Crippen MR) is 131 cm³/mol. The molecule has 0 radical (unpaired) electrons. The summed E-state index contributed by atoms with van der Waals surface area (Å²) in [6.45, 7) is 7.32. The largest absolute Gasteiger partial charge is 0.416 e. The number of carbonyl (C=O) groups is 1. The molecule has 0 spiro atoms. The molecule has 9 heteroatoms. The Morgan fingerprint density at radius 2 is 1.77 bits per heavy atom. The predicted octanol–water partition coefficient (Wildman–Crippen LogP) is 5.48. The molecule has 2 aromatic carbocycles. The lowest BCUT2D eigenvalue weighted by Gasteiger charge is -2.20. The molecule has 1 heterocycles. The maximum Gasteiger partial charge on any atom is 0.416 e. The second kappa shape index (κ2) is 10.6. The van der Waals surface area contributed by atoms with Crippen LogP contribution in [0.1, 0.15) is 54.0 Å². The number of pyridine rings is 1. The van der Waals surface area contributed by atoms with Crippen LogP contribution in [0, 0.1) is 6.92 Å². The van der Waals surface area contributed by atoms with Gasteiger partial charge in [-0.25, -0.2) is 0 Å². The lowest BCUT2D eigenvalue weighted by atomic mass is 9.98. The Labute approximate surface area is 204 Å². The number of carbonyl (C=O) groups excluding carboxylic acids is 1. The minimum atomic E-state index is -4.56. The molecule has 3 aromatic rings. The van der Waals surface area contributed by atoms with E-state index in [9.17, 15) is 27.0 Å². The van der Waals surface area contributed by atoms with Gasteiger partial charge >= 0.3 is 6.18 Å². The number of nitrogens with zero attached hydrogens (tertiary/aromatic N) is 1. The summed E-state index contributed by atoms with van der Waals surface area (Å²) in [4.78, 5) is 27.0. The highest BCUT2D eigenvalue weighted by Crippen LogP contribution is 2.32. The van der Waals surface area contributed by atoms with E-state index in [0.29, 0.717) is 16.3 Å². The first-order valence-corrected chi connectivity index (χ1v) is 12.4. The Kier molecular flexibility index (Phi) is 8.00. The summed E-state index contributed by atoms with van der Waals surface area (Å²) >= 11 is 0. The van der Waals surface area contributed by atoms with Gasteiger partial charge in [0, 0.05) is 40.7 Å². The molecule has 0 fully saturated rings. The highest BCUT2D eigenvalue weighted by Gasteiger charge is 2.31. The van der Waals surface area contributed by atoms with E-state index < -0.39 is 33.9 Å². The molecule has 0 aliphatic heterocycles. The van der Waals surface area contributed by atoms with Gasteiger partial charge in [0.25, 0.3) is 5.91 Å². The lowest BCUT2D eigenvalue weighted by molar-refractivity contribution is -0.137. The molecule has 0 saturated heterocycles. The number of amides is 1. The van der Waals surface area contributed by atoms with Gasteiger partial charge in [0.1, 0.15) is 5.56 Å². The first-order chi connectivity index (χ1) is 16.4. The number of alkyl halides is 3. The highest BCUT2D eigenvalue weighted by atomic mass is 32.2. The summed E-state index contributed by atoms with van der Waals surface area (Å²) in [5.74, 6) is -0.126. The summed E-state index contributed by atoms with van der Waals surface area (Å²) in [5.41, 5.74) is -0.266. The highest BCUT2D eigenvalue weighted by molar-refractivity contribution is 7.85. The number of aromatic nitrogens is 1. The van der Waals surface area contributed by atoms with Crippen molar-refractivity contribution in [2.75, 3.05) is 5.75 Å². The molecule has 0 aliphatic rings. The first-order valence-electron chi connectivity index (χ1n) is 11.1. The van der Waals surface area contributed by atoms with Crippen LogP contribution in [-0.4, -0.2) is 20.4 Å². The van der Waals surface area contributed by atoms with E-state index in [0.717, 1.165) is 17.7 Å². The number of halogens is 3. The van der Waals surface area contributed by atoms with Crippen molar-refractivity contribution in [2.45, 2.75) is 51.4 Å². The Balaban J connectivity index is 1.98. The fraction of sp³-hybridized carbons (Fsp3) is 0.308. The van der Waals surface area contributed by atoms with Gasteiger partial charge in [-0.3, -0.25) is 13.8 Å². The van der Waals surface area contributed by atoms with Crippen LogP contribution in [0.3, 0.4) is 0 Å². The number of rotatable bonds is 7. The van der Waals surface area contributed by atoms with Crippen molar-refractivity contribution >= 4 is 16.7 Å². The molecule has 35 heavy (non-hydrogen) atoms. The summed E-state index contributed by atoms with van der Waals surface area (Å²) in [6.07, 6.45) is -3.11. The number of hydrogen-bond acceptors (Lipinski definition) is 3. The fourth-order valence-corrected chi connectivity index (χ4v) is 4.59. The van der Waals surface area contributed by atoms with Crippen LogP contribution in [0.2, 0.25) is 0 Å². The molecule has 0 saturated carbocycles. The molecule has 1 unspecified atom stereocenters. The second-order valence-electron chi connectivity index (χ2n) is 8.37. The monoisotopic (exact) mass is 504 g/mol. The van der Waals surface area contributed by atoms with Gasteiger partial charge in [-0.05, 0) is 56.2 Å². The van der Waals surface area contributed by atoms with E-state index in [4.69, 9.17) is 0 Å². The molecule has 0 bridgehead atoms. The van der Waals surface area contributed by atoms with Crippen molar-refractivity contribution in [3.05, 3.63) is 87.3 Å². The van der Waals surface area contributed by atoms with Crippen molar-refractivity contribution in [3.8, 4) is 11.1 Å². The van der Waals surface area contributed by atoms with E-state index in [1.54, 1.807) is 35.8 Å². The van der Waals surface area contributed by atoms with Gasteiger partial charge in [0.2, 0.25) is 5.43 Å². The third kappa shape index (κ3) is 5.90. The summed E-state index contributed by atoms with van der Waals surface area (Å²) in [7, 11) is -1.08. The fourth-order valence-electron chi connectivity index (χ4n) is 3.82. The van der Waals surface area contributed by atoms with E-state index in [1.165, 1.54) is 18.3 Å². The molecule has 3 rings (SSSR count). The Bertz CT molecular complexity index is 1310. The zero-order chi connectivity index (χ0) is 25.9. The van der Waals surface area contributed by atoms with E-state index in [-0.39, 0.29) is 29.3 Å². The van der Waals surface area contributed by atoms with Gasteiger partial charge in [0.05, 0.1) is 16.4 Å². The minimum Gasteiger partial charge on any atom is -0.348 e. The quantitative estimate of drug-likeness (QED) is 0.463. The van der Waals surface area contributed by atoms with Gasteiger partial charge in [-0.1, -0.05) is 31.2 Å². The van der Waals surface area contributed by atoms with Gasteiger partial charge in [-0.2, -0.15) is 13.2 Å². The van der Waals surface area contributed by atoms with E-state index >= 15 is 0 Å². The van der Waals surface area contributed by atoms with Crippen LogP contribution >= 0.6 is 0 Å². The van der Waals surface area contributed by atoms with E-state index in [1.807, 2.05) is 20.8 Å². The molecule has 1 amide bonds. The molecular weight excluding hydrogens is 477 g/mol. The minimum absolute atomic E-state index is 0.0591. The smallest absolute Gasteiger partial charge is 0.348 e. The molecule has 1 aromatic heterocycles. The Morgan fingerprint density at radius 3 is 2.34 bits per heavy atom. The van der Waals surface area contributed by atoms with Crippen LogP contribution in [0.5, 0.6) is 0 Å². The second-order valence-corrected chi connectivity index (χ2v) is 10.1. The van der Waals surface area contributed by atoms with Crippen LogP contribution in [-0.2, 0) is 23.5 Å². The summed E-state index contributed by atoms with van der Waals surface area (Å²) < 4.78 is 53.5. The third-order valence-corrected chi connectivity index (χ3v) is 6.99. The average molecular weight is 505 g/mol. The molecule has 5 nitrogen and oxygen atoms in total. The maximum atomic E-state index is 13.3. The maximum absolute atomic E-state index is 13.3. The molecule has 0 aliphatic carbocycles. The molecule has 186 valence electrons. The third-order valence-electron chi connectivity index (χ3n) is 5.67.